The number of phenols is 2. The molecule has 0 spiro atoms. The van der Waals surface area contributed by atoms with Gasteiger partial charge < -0.3 is 15.9 Å². The normalized spacial score (nSPS) is 12.8. The Balaban J connectivity index is 3.20. The highest BCUT2D eigenvalue weighted by molar-refractivity contribution is 9.10. The van der Waals surface area contributed by atoms with Gasteiger partial charge in [-0.25, -0.2) is 0 Å². The first-order valence-electron chi connectivity index (χ1n) is 3.97. The maximum absolute atomic E-state index is 9.50. The minimum absolute atomic E-state index is 0.0309. The lowest BCUT2D eigenvalue weighted by Gasteiger charge is -2.12. The summed E-state index contributed by atoms with van der Waals surface area (Å²) < 4.78 is 0.734. The molecule has 0 aliphatic carbocycles. The number of halogens is 1. The summed E-state index contributed by atoms with van der Waals surface area (Å²) in [6.07, 6.45) is 0. The molecule has 0 heterocycles. The number of hydrogen-bond acceptors (Lipinski definition) is 3. The Bertz CT molecular complexity index is 315. The third-order valence-corrected chi connectivity index (χ3v) is 2.43. The predicted molar refractivity (Wildman–Crippen MR) is 54.9 cm³/mol. The van der Waals surface area contributed by atoms with Crippen molar-refractivity contribution < 1.29 is 10.2 Å². The summed E-state index contributed by atoms with van der Waals surface area (Å²) in [5, 5.41) is 18.8. The molecule has 3 nitrogen and oxygen atoms in total. The Hall–Kier alpha value is -0.740. The van der Waals surface area contributed by atoms with E-state index in [1.807, 2.05) is 6.92 Å². The summed E-state index contributed by atoms with van der Waals surface area (Å²) >= 11 is 3.23. The van der Waals surface area contributed by atoms with Crippen LogP contribution in [0.15, 0.2) is 16.6 Å². The van der Waals surface area contributed by atoms with Crippen molar-refractivity contribution in [3.63, 3.8) is 0 Å². The van der Waals surface area contributed by atoms with Crippen LogP contribution in [0.25, 0.3) is 0 Å². The minimum atomic E-state index is -0.121. The van der Waals surface area contributed by atoms with E-state index in [2.05, 4.69) is 15.9 Å². The molecule has 0 amide bonds. The van der Waals surface area contributed by atoms with Crippen molar-refractivity contribution >= 4 is 15.9 Å². The third-order valence-electron chi connectivity index (χ3n) is 1.97. The maximum atomic E-state index is 9.50. The van der Waals surface area contributed by atoms with Gasteiger partial charge in [0.2, 0.25) is 0 Å². The molecule has 1 unspecified atom stereocenters. The number of phenolic OH excluding ortho intramolecular Hbond substituents is 2. The fourth-order valence-corrected chi connectivity index (χ4v) is 1.57. The molecule has 0 radical (unpaired) electrons. The lowest BCUT2D eigenvalue weighted by molar-refractivity contribution is 0.396. The standard InChI is InChI=1S/C9H12BrNO2/c1-5(4-11)7-2-6(10)3-8(12)9(7)13/h2-3,5,12-13H,4,11H2,1H3. The quantitative estimate of drug-likeness (QED) is 0.698. The van der Waals surface area contributed by atoms with Crippen LogP contribution < -0.4 is 5.73 Å². The van der Waals surface area contributed by atoms with Gasteiger partial charge in [-0.15, -0.1) is 0 Å². The molecule has 4 N–H and O–H groups in total. The molecule has 1 rings (SSSR count). The van der Waals surface area contributed by atoms with E-state index in [1.54, 1.807) is 6.07 Å². The summed E-state index contributed by atoms with van der Waals surface area (Å²) in [6, 6.07) is 3.20. The Morgan fingerprint density at radius 2 is 2.08 bits per heavy atom. The van der Waals surface area contributed by atoms with Gasteiger partial charge in [-0.1, -0.05) is 22.9 Å². The Morgan fingerprint density at radius 1 is 1.46 bits per heavy atom. The van der Waals surface area contributed by atoms with E-state index >= 15 is 0 Å². The van der Waals surface area contributed by atoms with Crippen molar-refractivity contribution in [3.05, 3.63) is 22.2 Å². The SMILES string of the molecule is CC(CN)c1cc(Br)cc(O)c1O. The molecular weight excluding hydrogens is 234 g/mol. The second-order valence-corrected chi connectivity index (χ2v) is 3.92. The van der Waals surface area contributed by atoms with E-state index in [-0.39, 0.29) is 17.4 Å². The molecular formula is C9H12BrNO2. The Kier molecular flexibility index (Phi) is 3.17. The predicted octanol–water partition coefficient (Wildman–Crippen LogP) is 1.92. The number of hydrogen-bond donors (Lipinski definition) is 3. The molecule has 0 aromatic heterocycles. The largest absolute Gasteiger partial charge is 0.504 e. The number of aromatic hydroxyl groups is 2. The van der Waals surface area contributed by atoms with Crippen molar-refractivity contribution in [1.82, 2.24) is 0 Å². The van der Waals surface area contributed by atoms with Crippen molar-refractivity contribution in [2.75, 3.05) is 6.54 Å². The summed E-state index contributed by atoms with van der Waals surface area (Å²) in [6.45, 7) is 2.32. The fraction of sp³-hybridized carbons (Fsp3) is 0.333. The van der Waals surface area contributed by atoms with Crippen molar-refractivity contribution in [2.24, 2.45) is 5.73 Å². The smallest absolute Gasteiger partial charge is 0.161 e. The molecule has 0 bridgehead atoms. The van der Waals surface area contributed by atoms with Gasteiger partial charge >= 0.3 is 0 Å². The van der Waals surface area contributed by atoms with Gasteiger partial charge in [-0.2, -0.15) is 0 Å². The van der Waals surface area contributed by atoms with Gasteiger partial charge in [0.25, 0.3) is 0 Å². The van der Waals surface area contributed by atoms with E-state index in [1.165, 1.54) is 6.07 Å². The number of rotatable bonds is 2. The second kappa shape index (κ2) is 3.98. The zero-order valence-corrected chi connectivity index (χ0v) is 8.87. The summed E-state index contributed by atoms with van der Waals surface area (Å²) in [5.74, 6) is -0.172. The van der Waals surface area contributed by atoms with Gasteiger partial charge in [-0.3, -0.25) is 0 Å². The van der Waals surface area contributed by atoms with E-state index < -0.39 is 0 Å². The van der Waals surface area contributed by atoms with Crippen LogP contribution >= 0.6 is 15.9 Å². The van der Waals surface area contributed by atoms with Crippen LogP contribution in [0, 0.1) is 0 Å². The van der Waals surface area contributed by atoms with E-state index in [4.69, 9.17) is 5.73 Å². The monoisotopic (exact) mass is 245 g/mol. The van der Waals surface area contributed by atoms with Crippen LogP contribution in [0.3, 0.4) is 0 Å². The van der Waals surface area contributed by atoms with E-state index in [9.17, 15) is 10.2 Å². The molecule has 0 saturated carbocycles. The third kappa shape index (κ3) is 2.14. The van der Waals surface area contributed by atoms with Gasteiger partial charge in [0, 0.05) is 10.0 Å². The van der Waals surface area contributed by atoms with Crippen molar-refractivity contribution in [1.29, 1.82) is 0 Å². The van der Waals surface area contributed by atoms with Gasteiger partial charge in [0.15, 0.2) is 11.5 Å². The maximum Gasteiger partial charge on any atom is 0.161 e. The van der Waals surface area contributed by atoms with Crippen LogP contribution in [-0.2, 0) is 0 Å². The topological polar surface area (TPSA) is 66.5 Å². The molecule has 72 valence electrons. The summed E-state index contributed by atoms with van der Waals surface area (Å²) in [4.78, 5) is 0. The molecule has 13 heavy (non-hydrogen) atoms. The lowest BCUT2D eigenvalue weighted by Crippen LogP contribution is -2.09. The summed E-state index contributed by atoms with van der Waals surface area (Å²) in [7, 11) is 0. The zero-order chi connectivity index (χ0) is 10.0. The highest BCUT2D eigenvalue weighted by Crippen LogP contribution is 2.36. The Morgan fingerprint density at radius 3 is 2.62 bits per heavy atom. The van der Waals surface area contributed by atoms with Crippen LogP contribution in [0.4, 0.5) is 0 Å². The van der Waals surface area contributed by atoms with E-state index in [0.717, 1.165) is 4.47 Å². The molecule has 4 heteroatoms. The van der Waals surface area contributed by atoms with Crippen LogP contribution in [0.5, 0.6) is 11.5 Å². The molecule has 0 aliphatic rings. The van der Waals surface area contributed by atoms with Gasteiger partial charge in [0.1, 0.15) is 0 Å². The molecule has 1 atom stereocenters. The highest BCUT2D eigenvalue weighted by atomic mass is 79.9. The van der Waals surface area contributed by atoms with Crippen LogP contribution in [0.2, 0.25) is 0 Å². The lowest BCUT2D eigenvalue weighted by atomic mass is 10.00. The first kappa shape index (κ1) is 10.3. The average molecular weight is 246 g/mol. The average Bonchev–Trinajstić information content (AvgIpc) is 2.10. The van der Waals surface area contributed by atoms with Crippen LogP contribution in [-0.4, -0.2) is 16.8 Å². The first-order chi connectivity index (χ1) is 6.06. The highest BCUT2D eigenvalue weighted by Gasteiger charge is 2.13. The summed E-state index contributed by atoms with van der Waals surface area (Å²) in [5.41, 5.74) is 6.13. The first-order valence-corrected chi connectivity index (χ1v) is 4.77. The fourth-order valence-electron chi connectivity index (χ4n) is 1.11. The molecule has 1 aromatic carbocycles. The van der Waals surface area contributed by atoms with Crippen molar-refractivity contribution in [2.45, 2.75) is 12.8 Å². The molecule has 1 aromatic rings. The van der Waals surface area contributed by atoms with E-state index in [0.29, 0.717) is 12.1 Å². The molecule has 0 saturated heterocycles. The zero-order valence-electron chi connectivity index (χ0n) is 7.29. The van der Waals surface area contributed by atoms with Gasteiger partial charge in [-0.05, 0) is 24.6 Å². The second-order valence-electron chi connectivity index (χ2n) is 3.00. The van der Waals surface area contributed by atoms with Crippen LogP contribution in [0.1, 0.15) is 18.4 Å². The number of benzene rings is 1. The molecule has 0 fully saturated rings. The Labute approximate surface area is 85.3 Å². The van der Waals surface area contributed by atoms with Gasteiger partial charge in [0.05, 0.1) is 0 Å². The number of nitrogens with two attached hydrogens (primary N) is 1. The minimum Gasteiger partial charge on any atom is -0.504 e. The molecule has 0 aliphatic heterocycles. The van der Waals surface area contributed by atoms with Crippen molar-refractivity contribution in [3.8, 4) is 11.5 Å².